The quantitative estimate of drug-likeness (QED) is 0.648. The molecule has 0 aliphatic heterocycles. The number of carbonyl (C=O) groups is 1. The van der Waals surface area contributed by atoms with Crippen LogP contribution in [0.15, 0.2) is 78.9 Å². The smallest absolute Gasteiger partial charge is 0.310 e. The molecule has 0 aliphatic rings. The number of hydrogen-bond acceptors (Lipinski definition) is 3. The lowest BCUT2D eigenvalue weighted by Crippen LogP contribution is -2.08. The van der Waals surface area contributed by atoms with Crippen molar-refractivity contribution < 1.29 is 9.53 Å². The second-order valence-corrected chi connectivity index (χ2v) is 5.67. The molecule has 0 atom stereocenters. The van der Waals surface area contributed by atoms with Crippen molar-refractivity contribution in [2.24, 2.45) is 0 Å². The molecule has 25 heavy (non-hydrogen) atoms. The largest absolute Gasteiger partial charge is 0.461 e. The SMILES string of the molecule is N#Cc1ccccc1COC(=O)Cc1ccc(-c2ccccc2)cc1. The van der Waals surface area contributed by atoms with E-state index >= 15 is 0 Å². The van der Waals surface area contributed by atoms with Crippen molar-refractivity contribution in [2.45, 2.75) is 13.0 Å². The molecule has 0 unspecified atom stereocenters. The average Bonchev–Trinajstić information content (AvgIpc) is 2.68. The molecule has 0 spiro atoms. The molecule has 0 amide bonds. The van der Waals surface area contributed by atoms with Gasteiger partial charge in [-0.2, -0.15) is 5.26 Å². The minimum Gasteiger partial charge on any atom is -0.461 e. The van der Waals surface area contributed by atoms with Gasteiger partial charge in [-0.1, -0.05) is 72.8 Å². The molecule has 3 rings (SSSR count). The molecule has 0 bridgehead atoms. The van der Waals surface area contributed by atoms with Crippen molar-refractivity contribution in [1.29, 1.82) is 5.26 Å². The fourth-order valence-corrected chi connectivity index (χ4v) is 2.58. The molecule has 3 nitrogen and oxygen atoms in total. The highest BCUT2D eigenvalue weighted by Crippen LogP contribution is 2.19. The van der Waals surface area contributed by atoms with E-state index in [2.05, 4.69) is 18.2 Å². The summed E-state index contributed by atoms with van der Waals surface area (Å²) in [7, 11) is 0. The number of nitriles is 1. The Morgan fingerprint density at radius 1 is 0.840 bits per heavy atom. The lowest BCUT2D eigenvalue weighted by molar-refractivity contribution is -0.144. The average molecular weight is 327 g/mol. The van der Waals surface area contributed by atoms with Gasteiger partial charge in [-0.05, 0) is 22.8 Å². The van der Waals surface area contributed by atoms with Crippen LogP contribution in [-0.2, 0) is 22.6 Å². The summed E-state index contributed by atoms with van der Waals surface area (Å²) >= 11 is 0. The van der Waals surface area contributed by atoms with Gasteiger partial charge in [0.2, 0.25) is 0 Å². The zero-order valence-electron chi connectivity index (χ0n) is 13.7. The minimum absolute atomic E-state index is 0.116. The number of esters is 1. The summed E-state index contributed by atoms with van der Waals surface area (Å²) in [6, 6.07) is 27.2. The minimum atomic E-state index is -0.305. The fourth-order valence-electron chi connectivity index (χ4n) is 2.58. The van der Waals surface area contributed by atoms with Crippen LogP contribution in [0.5, 0.6) is 0 Å². The third-order valence-corrected chi connectivity index (χ3v) is 3.94. The molecule has 0 saturated carbocycles. The number of rotatable bonds is 5. The van der Waals surface area contributed by atoms with Crippen molar-refractivity contribution >= 4 is 5.97 Å². The van der Waals surface area contributed by atoms with Crippen LogP contribution in [0.2, 0.25) is 0 Å². The Bertz CT molecular complexity index is 893. The lowest BCUT2D eigenvalue weighted by atomic mass is 10.0. The van der Waals surface area contributed by atoms with E-state index in [1.165, 1.54) is 0 Å². The fraction of sp³-hybridized carbons (Fsp3) is 0.0909. The van der Waals surface area contributed by atoms with Crippen molar-refractivity contribution in [3.05, 3.63) is 95.6 Å². The van der Waals surface area contributed by atoms with Crippen LogP contribution in [-0.4, -0.2) is 5.97 Å². The van der Waals surface area contributed by atoms with Gasteiger partial charge in [0.05, 0.1) is 18.1 Å². The van der Waals surface area contributed by atoms with Gasteiger partial charge in [-0.15, -0.1) is 0 Å². The molecule has 0 heterocycles. The Labute approximate surface area is 147 Å². The molecular weight excluding hydrogens is 310 g/mol. The van der Waals surface area contributed by atoms with Gasteiger partial charge >= 0.3 is 5.97 Å². The lowest BCUT2D eigenvalue weighted by Gasteiger charge is -2.07. The normalized spacial score (nSPS) is 10.0. The predicted octanol–water partition coefficient (Wildman–Crippen LogP) is 4.51. The highest BCUT2D eigenvalue weighted by molar-refractivity contribution is 5.73. The molecule has 0 aliphatic carbocycles. The highest BCUT2D eigenvalue weighted by Gasteiger charge is 2.08. The summed E-state index contributed by atoms with van der Waals surface area (Å²) in [5, 5.41) is 9.05. The standard InChI is InChI=1S/C22H17NO2/c23-15-20-8-4-5-9-21(20)16-25-22(24)14-17-10-12-19(13-11-17)18-6-2-1-3-7-18/h1-13H,14,16H2. The van der Waals surface area contributed by atoms with E-state index in [0.29, 0.717) is 5.56 Å². The van der Waals surface area contributed by atoms with Gasteiger partial charge in [0.25, 0.3) is 0 Å². The van der Waals surface area contributed by atoms with Crippen LogP contribution in [0.3, 0.4) is 0 Å². The summed E-state index contributed by atoms with van der Waals surface area (Å²) in [6.07, 6.45) is 0.212. The first kappa shape index (κ1) is 16.5. The van der Waals surface area contributed by atoms with E-state index in [1.807, 2.05) is 48.5 Å². The Kier molecular flexibility index (Phi) is 5.23. The van der Waals surface area contributed by atoms with Gasteiger partial charge in [0.15, 0.2) is 0 Å². The van der Waals surface area contributed by atoms with Crippen molar-refractivity contribution in [2.75, 3.05) is 0 Å². The van der Waals surface area contributed by atoms with Gasteiger partial charge < -0.3 is 4.74 Å². The van der Waals surface area contributed by atoms with Crippen LogP contribution >= 0.6 is 0 Å². The molecule has 3 aromatic rings. The number of hydrogen-bond donors (Lipinski definition) is 0. The van der Waals surface area contributed by atoms with Gasteiger partial charge in [0.1, 0.15) is 6.61 Å². The second-order valence-electron chi connectivity index (χ2n) is 5.67. The van der Waals surface area contributed by atoms with Crippen LogP contribution < -0.4 is 0 Å². The molecule has 0 fully saturated rings. The van der Waals surface area contributed by atoms with E-state index in [-0.39, 0.29) is 19.0 Å². The van der Waals surface area contributed by atoms with Gasteiger partial charge in [0, 0.05) is 5.56 Å². The van der Waals surface area contributed by atoms with Gasteiger partial charge in [-0.25, -0.2) is 0 Å². The molecule has 0 radical (unpaired) electrons. The van der Waals surface area contributed by atoms with Crippen molar-refractivity contribution in [3.63, 3.8) is 0 Å². The van der Waals surface area contributed by atoms with E-state index in [9.17, 15) is 4.79 Å². The highest BCUT2D eigenvalue weighted by atomic mass is 16.5. The van der Waals surface area contributed by atoms with Crippen LogP contribution in [0.4, 0.5) is 0 Å². The molecule has 122 valence electrons. The number of nitrogens with zero attached hydrogens (tertiary/aromatic N) is 1. The van der Waals surface area contributed by atoms with Gasteiger partial charge in [-0.3, -0.25) is 4.79 Å². The number of carbonyl (C=O) groups excluding carboxylic acids is 1. The van der Waals surface area contributed by atoms with Crippen molar-refractivity contribution in [1.82, 2.24) is 0 Å². The maximum atomic E-state index is 12.0. The maximum Gasteiger partial charge on any atom is 0.310 e. The number of benzene rings is 3. The summed E-state index contributed by atoms with van der Waals surface area (Å²) in [4.78, 5) is 12.0. The van der Waals surface area contributed by atoms with Crippen LogP contribution in [0.1, 0.15) is 16.7 Å². The predicted molar refractivity (Wildman–Crippen MR) is 96.5 cm³/mol. The summed E-state index contributed by atoms with van der Waals surface area (Å²) < 4.78 is 5.30. The summed E-state index contributed by atoms with van der Waals surface area (Å²) in [6.45, 7) is 0.116. The zero-order chi connectivity index (χ0) is 17.5. The third-order valence-electron chi connectivity index (χ3n) is 3.94. The van der Waals surface area contributed by atoms with Crippen molar-refractivity contribution in [3.8, 4) is 17.2 Å². The number of ether oxygens (including phenoxy) is 1. The molecule has 0 N–H and O–H groups in total. The van der Waals surface area contributed by atoms with E-state index in [4.69, 9.17) is 10.00 Å². The van der Waals surface area contributed by atoms with E-state index in [0.717, 1.165) is 22.3 Å². The molecular formula is C22H17NO2. The monoisotopic (exact) mass is 327 g/mol. The molecule has 0 saturated heterocycles. The maximum absolute atomic E-state index is 12.0. The van der Waals surface area contributed by atoms with E-state index in [1.54, 1.807) is 18.2 Å². The Morgan fingerprint density at radius 3 is 2.20 bits per heavy atom. The van der Waals surface area contributed by atoms with Crippen LogP contribution in [0, 0.1) is 11.3 Å². The first-order valence-corrected chi connectivity index (χ1v) is 8.04. The summed E-state index contributed by atoms with van der Waals surface area (Å²) in [5.41, 5.74) is 4.41. The van der Waals surface area contributed by atoms with E-state index < -0.39 is 0 Å². The zero-order valence-corrected chi connectivity index (χ0v) is 13.7. The first-order valence-electron chi connectivity index (χ1n) is 8.04. The Balaban J connectivity index is 1.59. The summed E-state index contributed by atoms with van der Waals surface area (Å²) in [5.74, 6) is -0.305. The molecule has 3 heteroatoms. The Morgan fingerprint density at radius 2 is 1.48 bits per heavy atom. The topological polar surface area (TPSA) is 50.1 Å². The molecule has 0 aromatic heterocycles. The van der Waals surface area contributed by atoms with Crippen LogP contribution in [0.25, 0.3) is 11.1 Å². The molecule has 3 aromatic carbocycles. The third kappa shape index (κ3) is 4.33. The Hall–Kier alpha value is -3.38. The second kappa shape index (κ2) is 7.94. The first-order chi connectivity index (χ1) is 12.3.